The Kier molecular flexibility index (Phi) is 5.15. The minimum absolute atomic E-state index is 0.172. The lowest BCUT2D eigenvalue weighted by Crippen LogP contribution is -2.18. The van der Waals surface area contributed by atoms with Gasteiger partial charge in [-0.05, 0) is 30.3 Å². The molecule has 0 aliphatic carbocycles. The van der Waals surface area contributed by atoms with Gasteiger partial charge in [-0.3, -0.25) is 14.9 Å². The van der Waals surface area contributed by atoms with E-state index in [1.165, 1.54) is 30.5 Å². The Labute approximate surface area is 140 Å². The minimum Gasteiger partial charge on any atom is -0.502 e. The first-order chi connectivity index (χ1) is 10.9. The molecule has 118 valence electrons. The van der Waals surface area contributed by atoms with E-state index < -0.39 is 22.3 Å². The number of nitrogens with one attached hydrogen (secondary N) is 1. The second-order valence-electron chi connectivity index (χ2n) is 4.33. The van der Waals surface area contributed by atoms with Gasteiger partial charge in [-0.15, -0.1) is 0 Å². The third kappa shape index (κ3) is 4.18. The Morgan fingerprint density at radius 1 is 1.26 bits per heavy atom. The predicted octanol–water partition coefficient (Wildman–Crippen LogP) is 3.37. The van der Waals surface area contributed by atoms with Crippen molar-refractivity contribution in [3.05, 3.63) is 67.7 Å². The lowest BCUT2D eigenvalue weighted by molar-refractivity contribution is -0.385. The van der Waals surface area contributed by atoms with Crippen LogP contribution < -0.4 is 5.43 Å². The maximum absolute atomic E-state index is 11.9. The summed E-state index contributed by atoms with van der Waals surface area (Å²) >= 11 is 11.6. The standard InChI is InChI=1S/C14H9Cl2N3O4/c15-9-2-3-10(11(16)6-9)14(21)18-17-7-8-1-4-13(20)12(5-8)19(22)23/h1-7,20H,(H,18,21)/b17-7+. The van der Waals surface area contributed by atoms with Crippen molar-refractivity contribution in [2.75, 3.05) is 0 Å². The maximum Gasteiger partial charge on any atom is 0.311 e. The van der Waals surface area contributed by atoms with Crippen molar-refractivity contribution in [1.82, 2.24) is 5.43 Å². The number of nitro benzene ring substituents is 1. The van der Waals surface area contributed by atoms with E-state index in [0.29, 0.717) is 10.6 Å². The molecule has 9 heteroatoms. The summed E-state index contributed by atoms with van der Waals surface area (Å²) in [6, 6.07) is 8.08. The van der Waals surface area contributed by atoms with Crippen molar-refractivity contribution in [1.29, 1.82) is 0 Å². The molecular weight excluding hydrogens is 345 g/mol. The molecule has 0 saturated heterocycles. The van der Waals surface area contributed by atoms with Gasteiger partial charge in [-0.25, -0.2) is 5.43 Å². The van der Waals surface area contributed by atoms with Crippen LogP contribution in [0.3, 0.4) is 0 Å². The number of amides is 1. The van der Waals surface area contributed by atoms with Crippen LogP contribution in [0.25, 0.3) is 0 Å². The third-order valence-corrected chi connectivity index (χ3v) is 3.30. The second kappa shape index (κ2) is 7.08. The molecule has 0 fully saturated rings. The Bertz CT molecular complexity index is 809. The second-order valence-corrected chi connectivity index (χ2v) is 5.17. The molecule has 0 saturated carbocycles. The molecule has 2 rings (SSSR count). The van der Waals surface area contributed by atoms with E-state index in [2.05, 4.69) is 10.5 Å². The van der Waals surface area contributed by atoms with E-state index in [1.807, 2.05) is 0 Å². The smallest absolute Gasteiger partial charge is 0.311 e. The number of carbonyl (C=O) groups is 1. The van der Waals surface area contributed by atoms with Crippen LogP contribution in [0, 0.1) is 10.1 Å². The van der Waals surface area contributed by atoms with Crippen LogP contribution in [-0.2, 0) is 0 Å². The van der Waals surface area contributed by atoms with Gasteiger partial charge >= 0.3 is 5.69 Å². The van der Waals surface area contributed by atoms with Crippen molar-refractivity contribution in [3.8, 4) is 5.75 Å². The molecule has 0 spiro atoms. The average Bonchev–Trinajstić information content (AvgIpc) is 2.48. The van der Waals surface area contributed by atoms with Gasteiger partial charge < -0.3 is 5.11 Å². The molecule has 0 unspecified atom stereocenters. The number of phenols is 1. The summed E-state index contributed by atoms with van der Waals surface area (Å²) in [5, 5.41) is 24.3. The normalized spacial score (nSPS) is 10.7. The summed E-state index contributed by atoms with van der Waals surface area (Å²) < 4.78 is 0. The van der Waals surface area contributed by atoms with Gasteiger partial charge in [0.2, 0.25) is 0 Å². The number of hydrogen-bond donors (Lipinski definition) is 2. The molecule has 0 radical (unpaired) electrons. The Balaban J connectivity index is 2.11. The first-order valence-electron chi connectivity index (χ1n) is 6.14. The van der Waals surface area contributed by atoms with Crippen molar-refractivity contribution < 1.29 is 14.8 Å². The quantitative estimate of drug-likeness (QED) is 0.499. The lowest BCUT2D eigenvalue weighted by Gasteiger charge is -2.03. The van der Waals surface area contributed by atoms with E-state index >= 15 is 0 Å². The average molecular weight is 354 g/mol. The molecular formula is C14H9Cl2N3O4. The summed E-state index contributed by atoms with van der Waals surface area (Å²) in [5.74, 6) is -1.01. The number of nitrogens with zero attached hydrogens (tertiary/aromatic N) is 2. The Morgan fingerprint density at radius 2 is 2.00 bits per heavy atom. The number of hydrogen-bond acceptors (Lipinski definition) is 5. The Hall–Kier alpha value is -2.64. The molecule has 7 nitrogen and oxygen atoms in total. The highest BCUT2D eigenvalue weighted by Crippen LogP contribution is 2.25. The summed E-state index contributed by atoms with van der Waals surface area (Å²) in [7, 11) is 0. The van der Waals surface area contributed by atoms with E-state index in [1.54, 1.807) is 0 Å². The molecule has 0 aromatic heterocycles. The van der Waals surface area contributed by atoms with Gasteiger partial charge in [0.1, 0.15) is 0 Å². The van der Waals surface area contributed by atoms with Crippen LogP contribution in [0.2, 0.25) is 10.0 Å². The van der Waals surface area contributed by atoms with E-state index in [4.69, 9.17) is 23.2 Å². The fourth-order valence-corrected chi connectivity index (χ4v) is 2.16. The third-order valence-electron chi connectivity index (χ3n) is 2.75. The van der Waals surface area contributed by atoms with E-state index in [9.17, 15) is 20.0 Å². The van der Waals surface area contributed by atoms with Crippen molar-refractivity contribution >= 4 is 41.0 Å². The lowest BCUT2D eigenvalue weighted by atomic mass is 10.2. The molecule has 0 bridgehead atoms. The SMILES string of the molecule is O=C(N/N=C/c1ccc(O)c([N+](=O)[O-])c1)c1ccc(Cl)cc1Cl. The first kappa shape index (κ1) is 16.7. The van der Waals surface area contributed by atoms with Crippen molar-refractivity contribution in [3.63, 3.8) is 0 Å². The number of halogens is 2. The van der Waals surface area contributed by atoms with Gasteiger partial charge in [0.05, 0.1) is 21.7 Å². The van der Waals surface area contributed by atoms with Crippen LogP contribution in [0.4, 0.5) is 5.69 Å². The number of nitro groups is 1. The van der Waals surface area contributed by atoms with E-state index in [-0.39, 0.29) is 10.6 Å². The highest BCUT2D eigenvalue weighted by Gasteiger charge is 2.13. The number of benzene rings is 2. The molecule has 23 heavy (non-hydrogen) atoms. The van der Waals surface area contributed by atoms with Gasteiger partial charge in [0, 0.05) is 16.7 Å². The highest BCUT2D eigenvalue weighted by atomic mass is 35.5. The summed E-state index contributed by atoms with van der Waals surface area (Å²) in [6.45, 7) is 0. The van der Waals surface area contributed by atoms with Gasteiger partial charge in [-0.2, -0.15) is 5.10 Å². The zero-order chi connectivity index (χ0) is 17.0. The highest BCUT2D eigenvalue weighted by molar-refractivity contribution is 6.36. The van der Waals surface area contributed by atoms with Gasteiger partial charge in [0.15, 0.2) is 5.75 Å². The molecule has 1 amide bonds. The van der Waals surface area contributed by atoms with Crippen molar-refractivity contribution in [2.45, 2.75) is 0 Å². The van der Waals surface area contributed by atoms with Gasteiger partial charge in [0.25, 0.3) is 5.91 Å². The number of hydrazone groups is 1. The molecule has 2 aromatic carbocycles. The molecule has 2 N–H and O–H groups in total. The molecule has 0 aliphatic heterocycles. The van der Waals surface area contributed by atoms with Crippen LogP contribution >= 0.6 is 23.2 Å². The maximum atomic E-state index is 11.9. The minimum atomic E-state index is -0.723. The summed E-state index contributed by atoms with van der Waals surface area (Å²) in [5.41, 5.74) is 2.30. The molecule has 0 aliphatic rings. The largest absolute Gasteiger partial charge is 0.502 e. The fourth-order valence-electron chi connectivity index (χ4n) is 1.67. The summed E-state index contributed by atoms with van der Waals surface area (Å²) in [4.78, 5) is 21.9. The number of aromatic hydroxyl groups is 1. The molecule has 0 heterocycles. The van der Waals surface area contributed by atoms with E-state index in [0.717, 1.165) is 12.1 Å². The van der Waals surface area contributed by atoms with Gasteiger partial charge in [-0.1, -0.05) is 23.2 Å². The fraction of sp³-hybridized carbons (Fsp3) is 0. The first-order valence-corrected chi connectivity index (χ1v) is 6.90. The Morgan fingerprint density at radius 3 is 2.65 bits per heavy atom. The van der Waals surface area contributed by atoms with Crippen LogP contribution in [0.5, 0.6) is 5.75 Å². The number of carbonyl (C=O) groups excluding carboxylic acids is 1. The van der Waals surface area contributed by atoms with Crippen molar-refractivity contribution in [2.24, 2.45) is 5.10 Å². The monoisotopic (exact) mass is 353 g/mol. The predicted molar refractivity (Wildman–Crippen MR) is 86.3 cm³/mol. The molecule has 2 aromatic rings. The van der Waals surface area contributed by atoms with Crippen LogP contribution in [0.1, 0.15) is 15.9 Å². The van der Waals surface area contributed by atoms with Crippen LogP contribution in [-0.4, -0.2) is 22.2 Å². The zero-order valence-electron chi connectivity index (χ0n) is 11.4. The number of rotatable bonds is 4. The zero-order valence-corrected chi connectivity index (χ0v) is 12.9. The number of phenolic OH excluding ortho intramolecular Hbond substituents is 1. The topological polar surface area (TPSA) is 105 Å². The van der Waals surface area contributed by atoms with Crippen LogP contribution in [0.15, 0.2) is 41.5 Å². The summed E-state index contributed by atoms with van der Waals surface area (Å²) in [6.07, 6.45) is 1.20. The molecule has 0 atom stereocenters.